The standard InChI is InChI=1S/C19H18N4O/c1-14-6-2-3-7-16(14)13-22-18(24)15-8-4-9-17(12-15)23-19-20-10-5-11-21-19/h2-12H,13H2,1H3,(H,22,24)(H,20,21,23). The number of aryl methyl sites for hydroxylation is 1. The zero-order valence-electron chi connectivity index (χ0n) is 13.4. The number of carbonyl (C=O) groups is 1. The maximum absolute atomic E-state index is 12.4. The Labute approximate surface area is 140 Å². The van der Waals surface area contributed by atoms with Crippen LogP contribution < -0.4 is 10.6 Å². The summed E-state index contributed by atoms with van der Waals surface area (Å²) in [4.78, 5) is 20.6. The molecule has 1 aromatic heterocycles. The molecule has 0 unspecified atom stereocenters. The van der Waals surface area contributed by atoms with E-state index in [1.807, 2.05) is 43.3 Å². The number of amides is 1. The van der Waals surface area contributed by atoms with Crippen molar-refractivity contribution in [3.8, 4) is 0 Å². The Morgan fingerprint density at radius 2 is 1.79 bits per heavy atom. The molecule has 0 saturated heterocycles. The van der Waals surface area contributed by atoms with Crippen LogP contribution >= 0.6 is 0 Å². The van der Waals surface area contributed by atoms with Gasteiger partial charge in [0.25, 0.3) is 5.91 Å². The molecule has 0 atom stereocenters. The summed E-state index contributed by atoms with van der Waals surface area (Å²) in [7, 11) is 0. The molecule has 0 spiro atoms. The van der Waals surface area contributed by atoms with Crippen molar-refractivity contribution in [3.05, 3.63) is 83.7 Å². The quantitative estimate of drug-likeness (QED) is 0.756. The zero-order chi connectivity index (χ0) is 16.8. The third-order valence-corrected chi connectivity index (χ3v) is 3.65. The van der Waals surface area contributed by atoms with Crippen molar-refractivity contribution in [1.29, 1.82) is 0 Å². The van der Waals surface area contributed by atoms with E-state index in [0.717, 1.165) is 16.8 Å². The van der Waals surface area contributed by atoms with Crippen molar-refractivity contribution in [2.75, 3.05) is 5.32 Å². The molecule has 0 aliphatic heterocycles. The van der Waals surface area contributed by atoms with Gasteiger partial charge in [0, 0.05) is 30.2 Å². The molecule has 0 bridgehead atoms. The largest absolute Gasteiger partial charge is 0.348 e. The smallest absolute Gasteiger partial charge is 0.251 e. The lowest BCUT2D eigenvalue weighted by Gasteiger charge is -2.09. The van der Waals surface area contributed by atoms with E-state index in [4.69, 9.17) is 0 Å². The number of aromatic nitrogens is 2. The number of nitrogens with one attached hydrogen (secondary N) is 2. The highest BCUT2D eigenvalue weighted by atomic mass is 16.1. The second kappa shape index (κ2) is 7.37. The van der Waals surface area contributed by atoms with Crippen molar-refractivity contribution in [1.82, 2.24) is 15.3 Å². The van der Waals surface area contributed by atoms with Gasteiger partial charge in [-0.1, -0.05) is 30.3 Å². The lowest BCUT2D eigenvalue weighted by molar-refractivity contribution is 0.0951. The van der Waals surface area contributed by atoms with E-state index in [1.165, 1.54) is 0 Å². The van der Waals surface area contributed by atoms with Crippen LogP contribution in [0, 0.1) is 6.92 Å². The molecule has 0 fully saturated rings. The fraction of sp³-hybridized carbons (Fsp3) is 0.105. The maximum atomic E-state index is 12.4. The first-order chi connectivity index (χ1) is 11.7. The lowest BCUT2D eigenvalue weighted by Crippen LogP contribution is -2.23. The molecule has 2 N–H and O–H groups in total. The van der Waals surface area contributed by atoms with Gasteiger partial charge < -0.3 is 10.6 Å². The maximum Gasteiger partial charge on any atom is 0.251 e. The first kappa shape index (κ1) is 15.7. The third kappa shape index (κ3) is 3.95. The van der Waals surface area contributed by atoms with E-state index in [1.54, 1.807) is 30.6 Å². The van der Waals surface area contributed by atoms with Crippen LogP contribution in [-0.2, 0) is 6.54 Å². The summed E-state index contributed by atoms with van der Waals surface area (Å²) >= 11 is 0. The Morgan fingerprint density at radius 3 is 2.58 bits per heavy atom. The van der Waals surface area contributed by atoms with Gasteiger partial charge in [-0.3, -0.25) is 4.79 Å². The van der Waals surface area contributed by atoms with Gasteiger partial charge >= 0.3 is 0 Å². The second-order valence-electron chi connectivity index (χ2n) is 5.39. The lowest BCUT2D eigenvalue weighted by atomic mass is 10.1. The summed E-state index contributed by atoms with van der Waals surface area (Å²) < 4.78 is 0. The summed E-state index contributed by atoms with van der Waals surface area (Å²) in [5.41, 5.74) is 3.63. The fourth-order valence-corrected chi connectivity index (χ4v) is 2.32. The van der Waals surface area contributed by atoms with Gasteiger partial charge in [0.1, 0.15) is 0 Å². The highest BCUT2D eigenvalue weighted by Gasteiger charge is 2.07. The van der Waals surface area contributed by atoms with Crippen molar-refractivity contribution in [3.63, 3.8) is 0 Å². The summed E-state index contributed by atoms with van der Waals surface area (Å²) in [6.07, 6.45) is 3.32. The number of hydrogen-bond acceptors (Lipinski definition) is 4. The van der Waals surface area contributed by atoms with E-state index in [9.17, 15) is 4.79 Å². The third-order valence-electron chi connectivity index (χ3n) is 3.65. The molecule has 0 saturated carbocycles. The van der Waals surface area contributed by atoms with Crippen molar-refractivity contribution < 1.29 is 4.79 Å². The van der Waals surface area contributed by atoms with Crippen molar-refractivity contribution in [2.24, 2.45) is 0 Å². The van der Waals surface area contributed by atoms with Crippen LogP contribution in [0.2, 0.25) is 0 Å². The Bertz CT molecular complexity index is 834. The molecule has 120 valence electrons. The predicted octanol–water partition coefficient (Wildman–Crippen LogP) is 3.46. The van der Waals surface area contributed by atoms with Crippen LogP contribution in [-0.4, -0.2) is 15.9 Å². The molecule has 0 radical (unpaired) electrons. The molecule has 24 heavy (non-hydrogen) atoms. The average molecular weight is 318 g/mol. The Morgan fingerprint density at radius 1 is 1.00 bits per heavy atom. The molecule has 5 nitrogen and oxygen atoms in total. The molecule has 1 heterocycles. The SMILES string of the molecule is Cc1ccccc1CNC(=O)c1cccc(Nc2ncccn2)c1. The average Bonchev–Trinajstić information content (AvgIpc) is 2.62. The summed E-state index contributed by atoms with van der Waals surface area (Å²) in [5, 5.41) is 6.03. The number of hydrogen-bond donors (Lipinski definition) is 2. The van der Waals surface area contributed by atoms with Crippen LogP contribution in [0.4, 0.5) is 11.6 Å². The number of anilines is 2. The van der Waals surface area contributed by atoms with Crippen LogP contribution in [0.25, 0.3) is 0 Å². The van der Waals surface area contributed by atoms with Crippen LogP contribution in [0.1, 0.15) is 21.5 Å². The number of carbonyl (C=O) groups excluding carboxylic acids is 1. The molecule has 0 aliphatic rings. The fourth-order valence-electron chi connectivity index (χ4n) is 2.32. The summed E-state index contributed by atoms with van der Waals surface area (Å²) in [6, 6.07) is 17.0. The second-order valence-corrected chi connectivity index (χ2v) is 5.39. The summed E-state index contributed by atoms with van der Waals surface area (Å²) in [5.74, 6) is 0.380. The Hall–Kier alpha value is -3.21. The molecule has 5 heteroatoms. The predicted molar refractivity (Wildman–Crippen MR) is 94.1 cm³/mol. The number of rotatable bonds is 5. The van der Waals surface area contributed by atoms with E-state index < -0.39 is 0 Å². The van der Waals surface area contributed by atoms with Gasteiger partial charge in [0.15, 0.2) is 0 Å². The zero-order valence-corrected chi connectivity index (χ0v) is 13.4. The molecular weight excluding hydrogens is 300 g/mol. The summed E-state index contributed by atoms with van der Waals surface area (Å²) in [6.45, 7) is 2.54. The van der Waals surface area contributed by atoms with Gasteiger partial charge in [-0.15, -0.1) is 0 Å². The topological polar surface area (TPSA) is 66.9 Å². The highest BCUT2D eigenvalue weighted by molar-refractivity contribution is 5.95. The Balaban J connectivity index is 1.67. The minimum Gasteiger partial charge on any atom is -0.348 e. The van der Waals surface area contributed by atoms with Gasteiger partial charge in [-0.25, -0.2) is 9.97 Å². The van der Waals surface area contributed by atoms with Gasteiger partial charge in [-0.05, 0) is 42.3 Å². The van der Waals surface area contributed by atoms with E-state index in [-0.39, 0.29) is 5.91 Å². The highest BCUT2D eigenvalue weighted by Crippen LogP contribution is 2.14. The first-order valence-electron chi connectivity index (χ1n) is 7.69. The molecule has 3 aromatic rings. The number of nitrogens with zero attached hydrogens (tertiary/aromatic N) is 2. The monoisotopic (exact) mass is 318 g/mol. The van der Waals surface area contributed by atoms with Crippen molar-refractivity contribution in [2.45, 2.75) is 13.5 Å². The molecule has 2 aromatic carbocycles. The van der Waals surface area contributed by atoms with E-state index in [2.05, 4.69) is 20.6 Å². The van der Waals surface area contributed by atoms with Crippen LogP contribution in [0.3, 0.4) is 0 Å². The van der Waals surface area contributed by atoms with Crippen LogP contribution in [0.5, 0.6) is 0 Å². The van der Waals surface area contributed by atoms with Gasteiger partial charge in [-0.2, -0.15) is 0 Å². The van der Waals surface area contributed by atoms with Gasteiger partial charge in [0.2, 0.25) is 5.95 Å². The molecule has 1 amide bonds. The molecule has 0 aliphatic carbocycles. The van der Waals surface area contributed by atoms with E-state index >= 15 is 0 Å². The first-order valence-corrected chi connectivity index (χ1v) is 7.69. The van der Waals surface area contributed by atoms with E-state index in [0.29, 0.717) is 18.1 Å². The molecule has 3 rings (SSSR count). The molecular formula is C19H18N4O. The van der Waals surface area contributed by atoms with Crippen molar-refractivity contribution >= 4 is 17.5 Å². The number of benzene rings is 2. The Kier molecular flexibility index (Phi) is 4.81. The normalized spacial score (nSPS) is 10.2. The van der Waals surface area contributed by atoms with Gasteiger partial charge in [0.05, 0.1) is 0 Å². The van der Waals surface area contributed by atoms with Crippen LogP contribution in [0.15, 0.2) is 67.0 Å². The minimum atomic E-state index is -0.115. The minimum absolute atomic E-state index is 0.115.